The number of ether oxygens (including phenoxy) is 5. The first kappa shape index (κ1) is 62.8. The Morgan fingerprint density at radius 2 is 0.917 bits per heavy atom. The molecule has 2 aliphatic heterocycles. The number of carbonyl (C=O) groups is 10. The molecule has 0 saturated heterocycles. The van der Waals surface area contributed by atoms with Crippen LogP contribution < -0.4 is 21.3 Å². The molecule has 0 aromatic heterocycles. The van der Waals surface area contributed by atoms with Crippen LogP contribution in [0.15, 0.2) is 24.3 Å². The standard InChI is InChI=1S/C45H72N7O19P/c1-2-70-72(63,64)71-25-7-5-3-4-6-8-36(53)34-69-35-45(62)50(23-17-46-39(56)15-26-65-30-32-67-28-19-48-37(54)13-21-51-41(58)9-10-42(51)59)24-18-47-40(57)16-27-66-31-33-68-29-20-49-38(55)14-22-52-43(60)11-12-44(52)61/h9-12H,2-8,13-35H2,1H3,(H,46,56)(H,47,57)(H,48,54)(H,49,55)(H,63,64). The molecule has 0 spiro atoms. The second kappa shape index (κ2) is 38.3. The predicted octanol–water partition coefficient (Wildman–Crippen LogP) is -1.16. The number of hydrogen-bond donors (Lipinski definition) is 5. The minimum Gasteiger partial charge on any atom is -0.379 e. The zero-order valence-corrected chi connectivity index (χ0v) is 42.0. The Morgan fingerprint density at radius 3 is 1.39 bits per heavy atom. The van der Waals surface area contributed by atoms with E-state index in [0.29, 0.717) is 12.8 Å². The number of unbranched alkanes of at least 4 members (excludes halogenated alkanes) is 4. The Hall–Kier alpha value is -5.31. The fourth-order valence-corrected chi connectivity index (χ4v) is 7.12. The molecule has 0 fully saturated rings. The molecular weight excluding hydrogens is 973 g/mol. The Labute approximate surface area is 419 Å². The summed E-state index contributed by atoms with van der Waals surface area (Å²) < 4.78 is 48.2. The van der Waals surface area contributed by atoms with Gasteiger partial charge in [0, 0.05) is 109 Å². The highest BCUT2D eigenvalue weighted by Crippen LogP contribution is 2.43. The maximum absolute atomic E-state index is 13.2. The van der Waals surface area contributed by atoms with Gasteiger partial charge in [0.05, 0.1) is 66.1 Å². The van der Waals surface area contributed by atoms with Crippen molar-refractivity contribution in [2.24, 2.45) is 0 Å². The van der Waals surface area contributed by atoms with Crippen molar-refractivity contribution < 1.29 is 90.1 Å². The number of rotatable bonds is 45. The van der Waals surface area contributed by atoms with Crippen LogP contribution in [0.25, 0.3) is 0 Å². The Bertz CT molecular complexity index is 1740. The molecule has 0 bridgehead atoms. The van der Waals surface area contributed by atoms with Crippen LogP contribution >= 0.6 is 7.82 Å². The smallest absolute Gasteiger partial charge is 0.379 e. The van der Waals surface area contributed by atoms with Crippen molar-refractivity contribution in [1.82, 2.24) is 36.0 Å². The highest BCUT2D eigenvalue weighted by Gasteiger charge is 2.25. The third-order valence-electron chi connectivity index (χ3n) is 10.1. The van der Waals surface area contributed by atoms with Gasteiger partial charge in [-0.1, -0.05) is 19.3 Å². The molecule has 1 atom stereocenters. The predicted molar refractivity (Wildman–Crippen MR) is 253 cm³/mol. The number of phosphoric ester groups is 1. The summed E-state index contributed by atoms with van der Waals surface area (Å²) in [7, 11) is -4.01. The van der Waals surface area contributed by atoms with Gasteiger partial charge in [0.2, 0.25) is 29.5 Å². The lowest BCUT2D eigenvalue weighted by Gasteiger charge is -2.23. The number of amides is 9. The lowest BCUT2D eigenvalue weighted by molar-refractivity contribution is -0.139. The lowest BCUT2D eigenvalue weighted by Crippen LogP contribution is -2.44. The van der Waals surface area contributed by atoms with Gasteiger partial charge in [-0.3, -0.25) is 66.8 Å². The average molecular weight is 1050 g/mol. The van der Waals surface area contributed by atoms with Crippen LogP contribution in [0, 0.1) is 0 Å². The normalized spacial score (nSPS) is 14.0. The van der Waals surface area contributed by atoms with Crippen molar-refractivity contribution in [3.8, 4) is 0 Å². The second-order valence-electron chi connectivity index (χ2n) is 15.8. The largest absolute Gasteiger partial charge is 0.472 e. The van der Waals surface area contributed by atoms with E-state index in [0.717, 1.165) is 53.4 Å². The summed E-state index contributed by atoms with van der Waals surface area (Å²) in [5.74, 6) is -3.81. The molecule has 0 aliphatic carbocycles. The van der Waals surface area contributed by atoms with E-state index in [4.69, 9.17) is 28.2 Å². The Kier molecular flexibility index (Phi) is 33.4. The van der Waals surface area contributed by atoms with Crippen LogP contribution in [0.1, 0.15) is 71.1 Å². The molecule has 2 aliphatic rings. The summed E-state index contributed by atoms with van der Waals surface area (Å²) in [5.41, 5.74) is 0. The molecule has 5 N–H and O–H groups in total. The van der Waals surface area contributed by atoms with Gasteiger partial charge in [0.15, 0.2) is 5.78 Å². The topological polar surface area (TPSA) is 330 Å². The zero-order chi connectivity index (χ0) is 52.8. The van der Waals surface area contributed by atoms with Crippen LogP contribution in [-0.2, 0) is 85.2 Å². The van der Waals surface area contributed by atoms with Crippen LogP contribution in [-0.4, -0.2) is 210 Å². The van der Waals surface area contributed by atoms with Crippen LogP contribution in [0.2, 0.25) is 0 Å². The van der Waals surface area contributed by atoms with E-state index in [1.807, 2.05) is 0 Å². The maximum Gasteiger partial charge on any atom is 0.472 e. The summed E-state index contributed by atoms with van der Waals surface area (Å²) >= 11 is 0. The van der Waals surface area contributed by atoms with Crippen molar-refractivity contribution in [3.63, 3.8) is 0 Å². The van der Waals surface area contributed by atoms with E-state index in [2.05, 4.69) is 25.8 Å². The van der Waals surface area contributed by atoms with E-state index < -0.39 is 44.0 Å². The van der Waals surface area contributed by atoms with Crippen molar-refractivity contribution in [2.45, 2.75) is 71.1 Å². The number of Topliss-reactive ketones (excluding diaryl/α,β-unsaturated/α-hetero) is 1. The number of nitrogens with one attached hydrogen (secondary N) is 4. The SMILES string of the molecule is CCOP(=O)(O)OCCCCCCCC(=O)COCC(=O)N(CCNC(=O)CCOCCOCCNC(=O)CCN1C(=O)C=CC1=O)CCNC(=O)CCOCCOCCNC(=O)CCN1C(=O)C=CC1=O. The third kappa shape index (κ3) is 30.5. The van der Waals surface area contributed by atoms with Crippen molar-refractivity contribution in [1.29, 1.82) is 0 Å². The number of ketones is 1. The van der Waals surface area contributed by atoms with Crippen LogP contribution in [0.4, 0.5) is 0 Å². The summed E-state index contributed by atoms with van der Waals surface area (Å²) in [4.78, 5) is 134. The molecule has 0 aromatic rings. The summed E-state index contributed by atoms with van der Waals surface area (Å²) in [6, 6.07) is 0. The van der Waals surface area contributed by atoms with E-state index in [1.54, 1.807) is 6.92 Å². The molecule has 0 aromatic carbocycles. The number of nitrogens with zero attached hydrogens (tertiary/aromatic N) is 3. The van der Waals surface area contributed by atoms with E-state index >= 15 is 0 Å². The quantitative estimate of drug-likeness (QED) is 0.0273. The van der Waals surface area contributed by atoms with Gasteiger partial charge in [-0.25, -0.2) is 4.57 Å². The molecule has 9 amide bonds. The summed E-state index contributed by atoms with van der Waals surface area (Å²) in [5, 5.41) is 10.7. The van der Waals surface area contributed by atoms with Gasteiger partial charge in [0.25, 0.3) is 23.6 Å². The van der Waals surface area contributed by atoms with Gasteiger partial charge < -0.3 is 54.7 Å². The van der Waals surface area contributed by atoms with Crippen LogP contribution in [0.5, 0.6) is 0 Å². The number of imide groups is 2. The minimum absolute atomic E-state index is 0.0157. The Morgan fingerprint density at radius 1 is 0.500 bits per heavy atom. The molecule has 72 heavy (non-hydrogen) atoms. The van der Waals surface area contributed by atoms with Crippen molar-refractivity contribution in [2.75, 3.05) is 132 Å². The lowest BCUT2D eigenvalue weighted by atomic mass is 10.1. The molecule has 0 radical (unpaired) electrons. The maximum atomic E-state index is 13.2. The molecule has 2 heterocycles. The van der Waals surface area contributed by atoms with E-state index in [-0.39, 0.29) is 187 Å². The molecule has 406 valence electrons. The minimum atomic E-state index is -4.01. The van der Waals surface area contributed by atoms with Gasteiger partial charge in [-0.05, 0) is 19.8 Å². The molecular formula is C45H72N7O19P. The zero-order valence-electron chi connectivity index (χ0n) is 41.1. The summed E-state index contributed by atoms with van der Waals surface area (Å²) in [6.07, 6.45) is 8.28. The molecule has 1 unspecified atom stereocenters. The van der Waals surface area contributed by atoms with Crippen LogP contribution in [0.3, 0.4) is 0 Å². The molecule has 27 heteroatoms. The highest BCUT2D eigenvalue weighted by atomic mass is 31.2. The second-order valence-corrected chi connectivity index (χ2v) is 17.3. The third-order valence-corrected chi connectivity index (χ3v) is 11.2. The first-order valence-electron chi connectivity index (χ1n) is 24.1. The number of carbonyl (C=O) groups excluding carboxylic acids is 10. The molecule has 2 rings (SSSR count). The first-order valence-corrected chi connectivity index (χ1v) is 25.5. The number of hydrogen-bond acceptors (Lipinski definition) is 18. The van der Waals surface area contributed by atoms with Crippen molar-refractivity contribution in [3.05, 3.63) is 24.3 Å². The molecule has 0 saturated carbocycles. The monoisotopic (exact) mass is 1050 g/mol. The van der Waals surface area contributed by atoms with Gasteiger partial charge in [-0.15, -0.1) is 0 Å². The van der Waals surface area contributed by atoms with E-state index in [9.17, 15) is 57.4 Å². The fraction of sp³-hybridized carbons (Fsp3) is 0.689. The summed E-state index contributed by atoms with van der Waals surface area (Å²) in [6.45, 7) is 3.12. The van der Waals surface area contributed by atoms with Gasteiger partial charge >= 0.3 is 7.82 Å². The number of phosphoric acid groups is 1. The van der Waals surface area contributed by atoms with Crippen molar-refractivity contribution >= 4 is 66.8 Å². The molecule has 26 nitrogen and oxygen atoms in total. The highest BCUT2D eigenvalue weighted by molar-refractivity contribution is 7.47. The van der Waals surface area contributed by atoms with Gasteiger partial charge in [0.1, 0.15) is 13.2 Å². The fourth-order valence-electron chi connectivity index (χ4n) is 6.35. The first-order chi connectivity index (χ1) is 34.6. The van der Waals surface area contributed by atoms with E-state index in [1.165, 1.54) is 4.90 Å². The Balaban J connectivity index is 1.62. The van der Waals surface area contributed by atoms with Gasteiger partial charge in [-0.2, -0.15) is 0 Å². The average Bonchev–Trinajstić information content (AvgIpc) is 3.84.